The molecule has 1 heterocycles. The van der Waals surface area contributed by atoms with Crippen LogP contribution in [-0.4, -0.2) is 61.9 Å². The molecule has 1 saturated heterocycles. The Morgan fingerprint density at radius 1 is 1.14 bits per heavy atom. The van der Waals surface area contributed by atoms with Crippen LogP contribution in [0.25, 0.3) is 0 Å². The maximum absolute atomic E-state index is 12.6. The molecule has 2 fully saturated rings. The first kappa shape index (κ1) is 16.5. The summed E-state index contributed by atoms with van der Waals surface area (Å²) in [5.74, 6) is 1.40. The van der Waals surface area contributed by atoms with Crippen molar-refractivity contribution >= 4 is 11.7 Å². The Kier molecular flexibility index (Phi) is 5.42. The van der Waals surface area contributed by atoms with E-state index in [1.54, 1.807) is 0 Å². The number of Topliss-reactive ketones (excluding diaryl/α,β-unsaturated/α-hetero) is 1. The molecule has 0 atom stereocenters. The summed E-state index contributed by atoms with van der Waals surface area (Å²) in [6, 6.07) is 0. The van der Waals surface area contributed by atoms with Crippen LogP contribution >= 0.6 is 0 Å². The Balaban J connectivity index is 1.83. The lowest BCUT2D eigenvalue weighted by molar-refractivity contribution is -0.874. The van der Waals surface area contributed by atoms with Crippen LogP contribution in [0, 0.1) is 11.8 Å². The summed E-state index contributed by atoms with van der Waals surface area (Å²) in [6.07, 6.45) is 6.91. The molecule has 0 radical (unpaired) electrons. The van der Waals surface area contributed by atoms with Gasteiger partial charge in [-0.1, -0.05) is 0 Å². The van der Waals surface area contributed by atoms with Crippen molar-refractivity contribution in [2.45, 2.75) is 44.9 Å². The van der Waals surface area contributed by atoms with Crippen molar-refractivity contribution in [2.24, 2.45) is 11.8 Å². The number of rotatable bonds is 3. The van der Waals surface area contributed by atoms with Crippen LogP contribution in [0.1, 0.15) is 44.9 Å². The Bertz CT molecular complexity index is 379. The monoisotopic (exact) mass is 295 g/mol. The number of hydrogen-bond donors (Lipinski definition) is 0. The average Bonchev–Trinajstić information content (AvgIpc) is 2.62. The SMILES string of the molecule is C[N+](C)(C)CC1CCC(C(=O)N2CCCCC(=O)C2)CC1. The first-order valence-electron chi connectivity index (χ1n) is 8.46. The fourth-order valence-corrected chi connectivity index (χ4v) is 3.81. The molecule has 21 heavy (non-hydrogen) atoms. The summed E-state index contributed by atoms with van der Waals surface area (Å²) < 4.78 is 1.00. The second-order valence-corrected chi connectivity index (χ2v) is 7.95. The Morgan fingerprint density at radius 3 is 2.43 bits per heavy atom. The van der Waals surface area contributed by atoms with Gasteiger partial charge in [0.05, 0.1) is 34.2 Å². The minimum absolute atomic E-state index is 0.166. The van der Waals surface area contributed by atoms with Crippen LogP contribution in [0.15, 0.2) is 0 Å². The van der Waals surface area contributed by atoms with Gasteiger partial charge in [-0.15, -0.1) is 0 Å². The standard InChI is InChI=1S/C17H31N2O2/c1-19(2,3)13-14-7-9-15(10-8-14)17(21)18-11-5-4-6-16(20)12-18/h14-15H,4-13H2,1-3H3/q+1. The van der Waals surface area contributed by atoms with Crippen LogP contribution < -0.4 is 0 Å². The van der Waals surface area contributed by atoms with Crippen molar-refractivity contribution in [1.29, 1.82) is 0 Å². The molecular weight excluding hydrogens is 264 g/mol. The van der Waals surface area contributed by atoms with Crippen molar-refractivity contribution in [1.82, 2.24) is 4.90 Å². The summed E-state index contributed by atoms with van der Waals surface area (Å²) in [4.78, 5) is 26.1. The van der Waals surface area contributed by atoms with Crippen molar-refractivity contribution in [2.75, 3.05) is 40.8 Å². The third-order valence-electron chi connectivity index (χ3n) is 4.81. The van der Waals surface area contributed by atoms with Crippen LogP contribution in [0.3, 0.4) is 0 Å². The lowest BCUT2D eigenvalue weighted by atomic mass is 9.81. The average molecular weight is 295 g/mol. The molecule has 0 N–H and O–H groups in total. The van der Waals surface area contributed by atoms with Gasteiger partial charge in [0.15, 0.2) is 5.78 Å². The number of likely N-dealkylation sites (tertiary alicyclic amines) is 1. The molecule has 1 aliphatic carbocycles. The fourth-order valence-electron chi connectivity index (χ4n) is 3.81. The van der Waals surface area contributed by atoms with Crippen LogP contribution in [0.4, 0.5) is 0 Å². The summed E-state index contributed by atoms with van der Waals surface area (Å²) >= 11 is 0. The first-order valence-corrected chi connectivity index (χ1v) is 8.46. The molecular formula is C17H31N2O2+. The lowest BCUT2D eigenvalue weighted by Crippen LogP contribution is -2.43. The Hall–Kier alpha value is -0.900. The maximum Gasteiger partial charge on any atom is 0.226 e. The second kappa shape index (κ2) is 6.91. The number of carbonyl (C=O) groups is 2. The van der Waals surface area contributed by atoms with E-state index < -0.39 is 0 Å². The van der Waals surface area contributed by atoms with E-state index in [2.05, 4.69) is 21.1 Å². The van der Waals surface area contributed by atoms with Crippen molar-refractivity contribution < 1.29 is 14.1 Å². The molecule has 0 spiro atoms. The molecule has 0 aromatic carbocycles. The van der Waals surface area contributed by atoms with E-state index in [1.165, 1.54) is 6.54 Å². The van der Waals surface area contributed by atoms with Crippen molar-refractivity contribution in [3.05, 3.63) is 0 Å². The Morgan fingerprint density at radius 2 is 1.81 bits per heavy atom. The van der Waals surface area contributed by atoms with Gasteiger partial charge in [-0.3, -0.25) is 9.59 Å². The normalized spacial score (nSPS) is 28.3. The van der Waals surface area contributed by atoms with E-state index in [9.17, 15) is 9.59 Å². The summed E-state index contributed by atoms with van der Waals surface area (Å²) in [6.45, 7) is 2.34. The third kappa shape index (κ3) is 5.10. The van der Waals surface area contributed by atoms with Gasteiger partial charge >= 0.3 is 0 Å². The largest absolute Gasteiger partial charge is 0.335 e. The van der Waals surface area contributed by atoms with E-state index in [-0.39, 0.29) is 17.6 Å². The topological polar surface area (TPSA) is 37.4 Å². The molecule has 1 aliphatic heterocycles. The number of nitrogens with zero attached hydrogens (tertiary/aromatic N) is 2. The summed E-state index contributed by atoms with van der Waals surface area (Å²) in [7, 11) is 6.71. The maximum atomic E-state index is 12.6. The van der Waals surface area contributed by atoms with Crippen molar-refractivity contribution in [3.8, 4) is 0 Å². The van der Waals surface area contributed by atoms with E-state index in [1.807, 2.05) is 4.90 Å². The molecule has 0 aromatic heterocycles. The van der Waals surface area contributed by atoms with Gasteiger partial charge in [0.25, 0.3) is 0 Å². The Labute approximate surface area is 129 Å². The van der Waals surface area contributed by atoms with Gasteiger partial charge in [0.2, 0.25) is 5.91 Å². The molecule has 0 unspecified atom stereocenters. The van der Waals surface area contributed by atoms with Crippen LogP contribution in [-0.2, 0) is 9.59 Å². The number of hydrogen-bond acceptors (Lipinski definition) is 2. The van der Waals surface area contributed by atoms with Gasteiger partial charge in [-0.25, -0.2) is 0 Å². The molecule has 0 bridgehead atoms. The second-order valence-electron chi connectivity index (χ2n) is 7.95. The fraction of sp³-hybridized carbons (Fsp3) is 0.882. The molecule has 2 rings (SSSR count). The minimum Gasteiger partial charge on any atom is -0.335 e. The van der Waals surface area contributed by atoms with Gasteiger partial charge in [-0.2, -0.15) is 0 Å². The zero-order chi connectivity index (χ0) is 15.5. The third-order valence-corrected chi connectivity index (χ3v) is 4.81. The van der Waals surface area contributed by atoms with Gasteiger partial charge in [-0.05, 0) is 38.5 Å². The van der Waals surface area contributed by atoms with E-state index in [0.29, 0.717) is 13.0 Å². The zero-order valence-corrected chi connectivity index (χ0v) is 13.9. The number of carbonyl (C=O) groups excluding carboxylic acids is 2. The molecule has 4 heteroatoms. The first-order chi connectivity index (χ1) is 9.85. The molecule has 1 amide bonds. The highest BCUT2D eigenvalue weighted by molar-refractivity contribution is 5.87. The number of amides is 1. The molecule has 4 nitrogen and oxygen atoms in total. The zero-order valence-electron chi connectivity index (χ0n) is 13.9. The van der Waals surface area contributed by atoms with Gasteiger partial charge < -0.3 is 9.38 Å². The quantitative estimate of drug-likeness (QED) is 0.748. The van der Waals surface area contributed by atoms with Gasteiger partial charge in [0.1, 0.15) is 0 Å². The van der Waals surface area contributed by atoms with E-state index in [4.69, 9.17) is 0 Å². The smallest absolute Gasteiger partial charge is 0.226 e. The number of quaternary nitrogens is 1. The highest BCUT2D eigenvalue weighted by Crippen LogP contribution is 2.31. The highest BCUT2D eigenvalue weighted by atomic mass is 16.2. The molecule has 1 saturated carbocycles. The van der Waals surface area contributed by atoms with E-state index in [0.717, 1.165) is 55.5 Å². The van der Waals surface area contributed by atoms with Crippen LogP contribution in [0.5, 0.6) is 0 Å². The van der Waals surface area contributed by atoms with E-state index >= 15 is 0 Å². The predicted molar refractivity (Wildman–Crippen MR) is 83.8 cm³/mol. The highest BCUT2D eigenvalue weighted by Gasteiger charge is 2.32. The molecule has 0 aromatic rings. The minimum atomic E-state index is 0.166. The molecule has 120 valence electrons. The summed E-state index contributed by atoms with van der Waals surface area (Å²) in [5.41, 5.74) is 0. The molecule has 2 aliphatic rings. The summed E-state index contributed by atoms with van der Waals surface area (Å²) in [5, 5.41) is 0. The van der Waals surface area contributed by atoms with Crippen LogP contribution in [0.2, 0.25) is 0 Å². The van der Waals surface area contributed by atoms with Gasteiger partial charge in [0, 0.05) is 24.8 Å². The lowest BCUT2D eigenvalue weighted by Gasteiger charge is -2.35. The van der Waals surface area contributed by atoms with Crippen molar-refractivity contribution in [3.63, 3.8) is 0 Å². The predicted octanol–water partition coefficient (Wildman–Crippen LogP) is 2.08. The number of ketones is 1.